The molecule has 4 N–H and O–H groups in total. The Morgan fingerprint density at radius 3 is 2.97 bits per heavy atom. The molecule has 1 fully saturated rings. The van der Waals surface area contributed by atoms with Crippen LogP contribution >= 0.6 is 11.6 Å². The molecule has 0 spiro atoms. The number of carbonyl (C=O) groups excluding carboxylic acids is 1. The summed E-state index contributed by atoms with van der Waals surface area (Å²) in [6.07, 6.45) is 9.86. The minimum absolute atomic E-state index is 0.117. The first-order valence-corrected chi connectivity index (χ1v) is 10.8. The van der Waals surface area contributed by atoms with Crippen LogP contribution in [0.1, 0.15) is 24.8 Å². The van der Waals surface area contributed by atoms with E-state index in [1.54, 1.807) is 6.20 Å². The number of rotatable bonds is 5. The lowest BCUT2D eigenvalue weighted by molar-refractivity contribution is -0.122. The number of anilines is 3. The van der Waals surface area contributed by atoms with Crippen LogP contribution in [0.4, 0.5) is 17.5 Å². The lowest BCUT2D eigenvalue weighted by Gasteiger charge is -2.27. The number of ether oxygens (including phenoxy) is 1. The van der Waals surface area contributed by atoms with Crippen LogP contribution in [0.5, 0.6) is 5.75 Å². The average molecular weight is 426 g/mol. The molecule has 8 heteroatoms. The number of fused-ring (bicyclic) bond motifs is 3. The van der Waals surface area contributed by atoms with E-state index in [1.807, 2.05) is 12.1 Å². The molecule has 4 atom stereocenters. The first-order chi connectivity index (χ1) is 14.6. The van der Waals surface area contributed by atoms with Gasteiger partial charge in [0.2, 0.25) is 11.9 Å². The fraction of sp³-hybridized carbons (Fsp3) is 0.409. The molecule has 2 heterocycles. The number of nitrogens with two attached hydrogens (primary N) is 1. The second-order valence-corrected chi connectivity index (χ2v) is 8.57. The standard InChI is InChI=1S/C22H24ClN5O2/c23-15-11-25-22(26-16-6-3-5-12-4-1-2-9-30-19(12)16)28-21(15)27-18-14-8-7-13(10-14)17(18)20(24)29/h3,5-8,11,13-14,17-18H,1-2,4,9-10H2,(H2,24,29)(H2,25,26,27,28)/t13-,14+,17+,18-/m0/s1. The maximum atomic E-state index is 12.0. The van der Waals surface area contributed by atoms with Crippen LogP contribution in [0.2, 0.25) is 5.02 Å². The Labute approximate surface area is 180 Å². The third kappa shape index (κ3) is 3.47. The number of hydrogen-bond donors (Lipinski definition) is 3. The highest BCUT2D eigenvalue weighted by atomic mass is 35.5. The molecule has 7 nitrogen and oxygen atoms in total. The summed E-state index contributed by atoms with van der Waals surface area (Å²) < 4.78 is 5.97. The zero-order chi connectivity index (χ0) is 20.7. The minimum atomic E-state index is -0.294. The third-order valence-corrected chi connectivity index (χ3v) is 6.54. The molecule has 1 aliphatic heterocycles. The zero-order valence-electron chi connectivity index (χ0n) is 16.5. The molecule has 0 radical (unpaired) electrons. The van der Waals surface area contributed by atoms with Crippen molar-refractivity contribution >= 4 is 35.0 Å². The van der Waals surface area contributed by atoms with Gasteiger partial charge in [0, 0.05) is 6.04 Å². The van der Waals surface area contributed by atoms with Crippen molar-refractivity contribution in [1.29, 1.82) is 0 Å². The molecule has 5 rings (SSSR count). The molecule has 156 valence electrons. The van der Waals surface area contributed by atoms with Crippen molar-refractivity contribution in [2.75, 3.05) is 17.2 Å². The van der Waals surface area contributed by atoms with E-state index in [0.29, 0.717) is 23.4 Å². The Morgan fingerprint density at radius 1 is 1.23 bits per heavy atom. The van der Waals surface area contributed by atoms with Crippen molar-refractivity contribution in [1.82, 2.24) is 9.97 Å². The smallest absolute Gasteiger partial charge is 0.229 e. The number of halogens is 1. The second kappa shape index (κ2) is 7.80. The lowest BCUT2D eigenvalue weighted by Crippen LogP contribution is -2.41. The van der Waals surface area contributed by atoms with Gasteiger partial charge in [-0.3, -0.25) is 4.79 Å². The summed E-state index contributed by atoms with van der Waals surface area (Å²) in [6.45, 7) is 0.701. The summed E-state index contributed by atoms with van der Waals surface area (Å²) in [5.74, 6) is 1.63. The van der Waals surface area contributed by atoms with Crippen LogP contribution in [0, 0.1) is 17.8 Å². The predicted octanol–water partition coefficient (Wildman–Crippen LogP) is 3.68. The molecule has 2 bridgehead atoms. The number of carbonyl (C=O) groups is 1. The van der Waals surface area contributed by atoms with Gasteiger partial charge < -0.3 is 21.1 Å². The van der Waals surface area contributed by atoms with E-state index >= 15 is 0 Å². The van der Waals surface area contributed by atoms with Crippen molar-refractivity contribution in [2.45, 2.75) is 31.7 Å². The maximum Gasteiger partial charge on any atom is 0.229 e. The fourth-order valence-electron chi connectivity index (χ4n) is 4.86. The number of nitrogens with zero attached hydrogens (tertiary/aromatic N) is 2. The molecule has 2 aliphatic carbocycles. The molecule has 0 unspecified atom stereocenters. The topological polar surface area (TPSA) is 102 Å². The van der Waals surface area contributed by atoms with E-state index in [2.05, 4.69) is 38.8 Å². The minimum Gasteiger partial charge on any atom is -0.491 e. The number of aromatic nitrogens is 2. The molecule has 3 aliphatic rings. The molecule has 1 amide bonds. The number of nitrogens with one attached hydrogen (secondary N) is 2. The molecule has 2 aromatic rings. The zero-order valence-corrected chi connectivity index (χ0v) is 17.2. The van der Waals surface area contributed by atoms with Crippen molar-refractivity contribution in [3.63, 3.8) is 0 Å². The lowest BCUT2D eigenvalue weighted by atomic mass is 9.88. The van der Waals surface area contributed by atoms with Gasteiger partial charge in [-0.15, -0.1) is 0 Å². The van der Waals surface area contributed by atoms with Gasteiger partial charge in [-0.25, -0.2) is 4.98 Å². The summed E-state index contributed by atoms with van der Waals surface area (Å²) in [7, 11) is 0. The van der Waals surface area contributed by atoms with Gasteiger partial charge >= 0.3 is 0 Å². The van der Waals surface area contributed by atoms with Crippen LogP contribution in [-0.2, 0) is 11.2 Å². The van der Waals surface area contributed by atoms with E-state index in [0.717, 1.165) is 37.1 Å². The van der Waals surface area contributed by atoms with Gasteiger partial charge in [-0.2, -0.15) is 4.98 Å². The highest BCUT2D eigenvalue weighted by molar-refractivity contribution is 6.32. The van der Waals surface area contributed by atoms with E-state index < -0.39 is 0 Å². The van der Waals surface area contributed by atoms with Crippen molar-refractivity contribution in [3.05, 3.63) is 47.1 Å². The second-order valence-electron chi connectivity index (χ2n) is 8.16. The maximum absolute atomic E-state index is 12.0. The number of hydrogen-bond acceptors (Lipinski definition) is 6. The van der Waals surface area contributed by atoms with Gasteiger partial charge in [0.05, 0.1) is 24.4 Å². The van der Waals surface area contributed by atoms with E-state index in [9.17, 15) is 4.79 Å². The highest BCUT2D eigenvalue weighted by Gasteiger charge is 2.47. The molecule has 1 saturated carbocycles. The van der Waals surface area contributed by atoms with Gasteiger partial charge in [-0.1, -0.05) is 35.9 Å². The van der Waals surface area contributed by atoms with Crippen LogP contribution in [-0.4, -0.2) is 28.5 Å². The Balaban J connectivity index is 1.40. The van der Waals surface area contributed by atoms with E-state index in [-0.39, 0.29) is 29.7 Å². The number of benzene rings is 1. The highest BCUT2D eigenvalue weighted by Crippen LogP contribution is 2.45. The Morgan fingerprint density at radius 2 is 2.10 bits per heavy atom. The quantitative estimate of drug-likeness (QED) is 0.631. The SMILES string of the molecule is NC(=O)[C@H]1[C@@H](Nc2nc(Nc3cccc4c3OCCCC4)ncc2Cl)[C@@H]2C=C[C@H]1C2. The van der Waals surface area contributed by atoms with Gasteiger partial charge in [-0.05, 0) is 49.1 Å². The monoisotopic (exact) mass is 425 g/mol. The number of allylic oxidation sites excluding steroid dienone is 1. The van der Waals surface area contributed by atoms with Crippen LogP contribution in [0.25, 0.3) is 0 Å². The van der Waals surface area contributed by atoms with Crippen molar-refractivity contribution in [3.8, 4) is 5.75 Å². The fourth-order valence-corrected chi connectivity index (χ4v) is 5.00. The number of primary amides is 1. The van der Waals surface area contributed by atoms with Crippen molar-refractivity contribution < 1.29 is 9.53 Å². The largest absolute Gasteiger partial charge is 0.491 e. The molecule has 30 heavy (non-hydrogen) atoms. The number of para-hydroxylation sites is 1. The third-order valence-electron chi connectivity index (χ3n) is 6.27. The summed E-state index contributed by atoms with van der Waals surface area (Å²) in [5.41, 5.74) is 7.69. The molecule has 1 aromatic heterocycles. The summed E-state index contributed by atoms with van der Waals surface area (Å²) in [5, 5.41) is 7.03. The molecular formula is C22H24ClN5O2. The Bertz CT molecular complexity index is 1010. The number of amides is 1. The molecule has 1 aromatic carbocycles. The van der Waals surface area contributed by atoms with Gasteiger partial charge in [0.15, 0.2) is 5.82 Å². The first-order valence-electron chi connectivity index (χ1n) is 10.4. The molecule has 0 saturated heterocycles. The van der Waals surface area contributed by atoms with E-state index in [4.69, 9.17) is 22.1 Å². The Hall–Kier alpha value is -2.80. The molecular weight excluding hydrogens is 402 g/mol. The van der Waals surface area contributed by atoms with Gasteiger partial charge in [0.1, 0.15) is 10.8 Å². The summed E-state index contributed by atoms with van der Waals surface area (Å²) in [6, 6.07) is 5.94. The average Bonchev–Trinajstić information content (AvgIpc) is 3.24. The van der Waals surface area contributed by atoms with Crippen LogP contribution < -0.4 is 21.1 Å². The Kier molecular flexibility index (Phi) is 4.98. The number of aryl methyl sites for hydroxylation is 1. The predicted molar refractivity (Wildman–Crippen MR) is 116 cm³/mol. The van der Waals surface area contributed by atoms with Gasteiger partial charge in [0.25, 0.3) is 0 Å². The first kappa shape index (κ1) is 19.2. The summed E-state index contributed by atoms with van der Waals surface area (Å²) in [4.78, 5) is 20.9. The van der Waals surface area contributed by atoms with Crippen molar-refractivity contribution in [2.24, 2.45) is 23.5 Å². The normalized spacial score (nSPS) is 26.6. The summed E-state index contributed by atoms with van der Waals surface area (Å²) >= 11 is 6.37. The van der Waals surface area contributed by atoms with Crippen LogP contribution in [0.3, 0.4) is 0 Å². The van der Waals surface area contributed by atoms with E-state index in [1.165, 1.54) is 5.56 Å². The van der Waals surface area contributed by atoms with Crippen LogP contribution in [0.15, 0.2) is 36.5 Å².